The van der Waals surface area contributed by atoms with E-state index in [-0.39, 0.29) is 0 Å². The van der Waals surface area contributed by atoms with Crippen LogP contribution in [0, 0.1) is 83.1 Å². The summed E-state index contributed by atoms with van der Waals surface area (Å²) in [4.78, 5) is 5.49. The molecule has 0 bridgehead atoms. The lowest BCUT2D eigenvalue weighted by atomic mass is 10.1. The number of aryl methyl sites for hydroxylation is 12. The topological polar surface area (TPSA) is 12.9 Å². The molecular formula is C43H51NP2. The highest BCUT2D eigenvalue weighted by Gasteiger charge is 2.26. The van der Waals surface area contributed by atoms with Gasteiger partial charge >= 0.3 is 0 Å². The Morgan fingerprint density at radius 3 is 0.804 bits per heavy atom. The Kier molecular flexibility index (Phi) is 10.4. The molecule has 0 spiro atoms. The number of benzene rings is 4. The molecule has 0 atom stereocenters. The maximum atomic E-state index is 5.49. The van der Waals surface area contributed by atoms with Gasteiger partial charge in [0, 0.05) is 23.7 Å². The molecule has 0 saturated carbocycles. The van der Waals surface area contributed by atoms with Crippen molar-refractivity contribution in [3.05, 3.63) is 145 Å². The molecule has 3 heteroatoms. The minimum Gasteiger partial charge on any atom is -0.257 e. The third-order valence-electron chi connectivity index (χ3n) is 9.13. The van der Waals surface area contributed by atoms with Crippen LogP contribution in [0.15, 0.2) is 66.7 Å². The Morgan fingerprint density at radius 2 is 0.587 bits per heavy atom. The van der Waals surface area contributed by atoms with E-state index < -0.39 is 15.8 Å². The monoisotopic (exact) mass is 643 g/mol. The molecule has 0 saturated heterocycles. The number of pyridine rings is 1. The van der Waals surface area contributed by atoms with Crippen LogP contribution in [-0.4, -0.2) is 4.98 Å². The molecule has 5 rings (SSSR count). The van der Waals surface area contributed by atoms with Crippen molar-refractivity contribution in [3.63, 3.8) is 0 Å². The molecule has 46 heavy (non-hydrogen) atoms. The fraction of sp³-hybridized carbons (Fsp3) is 0.326. The first-order chi connectivity index (χ1) is 21.7. The first-order valence-corrected chi connectivity index (χ1v) is 19.6. The number of nitrogens with zero attached hydrogens (tertiary/aromatic N) is 1. The molecule has 0 unspecified atom stereocenters. The highest BCUT2D eigenvalue weighted by atomic mass is 31.1. The van der Waals surface area contributed by atoms with E-state index in [2.05, 4.69) is 150 Å². The van der Waals surface area contributed by atoms with Crippen molar-refractivity contribution >= 4 is 37.1 Å². The molecule has 0 N–H and O–H groups in total. The van der Waals surface area contributed by atoms with Gasteiger partial charge in [-0.15, -0.1) is 0 Å². The van der Waals surface area contributed by atoms with Crippen molar-refractivity contribution in [1.82, 2.24) is 4.98 Å². The second-order valence-electron chi connectivity index (χ2n) is 13.8. The Balaban J connectivity index is 1.62. The summed E-state index contributed by atoms with van der Waals surface area (Å²) in [5, 5.41) is 6.06. The van der Waals surface area contributed by atoms with Gasteiger partial charge in [0.05, 0.1) is 0 Å². The molecule has 0 aliphatic carbocycles. The SMILES string of the molecule is Cc1cc(C)c(P(Cc2cccc(CP(c3c(C)cc(C)cc3C)c3c(C)cc(C)cc3C)n2)c2c(C)cc(C)cc2C)c(C)c1. The van der Waals surface area contributed by atoms with Gasteiger partial charge in [-0.1, -0.05) is 76.9 Å². The molecule has 238 valence electrons. The Hall–Kier alpha value is -3.11. The standard InChI is InChI=1S/C43H51NP2/c1-26-16-30(5)40(31(6)17-26)45(41-32(7)18-27(2)19-33(41)8)24-38-14-13-15-39(44-38)25-46(42-34(9)20-28(3)21-35(42)10)43-36(11)22-29(4)23-37(43)12/h13-23H,24-25H2,1-12H3. The van der Waals surface area contributed by atoms with Gasteiger partial charge in [0.1, 0.15) is 0 Å². The van der Waals surface area contributed by atoms with Crippen LogP contribution in [0.25, 0.3) is 0 Å². The third kappa shape index (κ3) is 7.23. The van der Waals surface area contributed by atoms with E-state index in [1.165, 1.54) is 99.4 Å². The summed E-state index contributed by atoms with van der Waals surface area (Å²) in [7, 11) is -1.28. The van der Waals surface area contributed by atoms with Crippen molar-refractivity contribution < 1.29 is 0 Å². The zero-order chi connectivity index (χ0) is 33.4. The van der Waals surface area contributed by atoms with Crippen molar-refractivity contribution in [2.75, 3.05) is 0 Å². The molecule has 0 amide bonds. The van der Waals surface area contributed by atoms with Crippen LogP contribution in [0.1, 0.15) is 78.1 Å². The van der Waals surface area contributed by atoms with Gasteiger partial charge in [-0.25, -0.2) is 0 Å². The second-order valence-corrected chi connectivity index (χ2v) is 17.9. The molecule has 0 aliphatic rings. The van der Waals surface area contributed by atoms with E-state index in [0.29, 0.717) is 0 Å². The van der Waals surface area contributed by atoms with Crippen molar-refractivity contribution in [2.24, 2.45) is 0 Å². The minimum atomic E-state index is -0.641. The highest BCUT2D eigenvalue weighted by Crippen LogP contribution is 2.44. The summed E-state index contributed by atoms with van der Waals surface area (Å²) in [6, 6.07) is 25.7. The Bertz CT molecular complexity index is 1590. The van der Waals surface area contributed by atoms with Gasteiger partial charge in [-0.2, -0.15) is 0 Å². The van der Waals surface area contributed by atoms with E-state index in [4.69, 9.17) is 4.98 Å². The molecule has 4 aromatic carbocycles. The van der Waals surface area contributed by atoms with Gasteiger partial charge in [0.25, 0.3) is 0 Å². The molecule has 0 fully saturated rings. The summed E-state index contributed by atoms with van der Waals surface area (Å²) >= 11 is 0. The van der Waals surface area contributed by atoms with Gasteiger partial charge < -0.3 is 0 Å². The average Bonchev–Trinajstić information content (AvgIpc) is 2.91. The van der Waals surface area contributed by atoms with Crippen LogP contribution in [0.5, 0.6) is 0 Å². The molecule has 5 aromatic rings. The Morgan fingerprint density at radius 1 is 0.370 bits per heavy atom. The second kappa shape index (κ2) is 13.9. The minimum absolute atomic E-state index is 0.641. The first-order valence-electron chi connectivity index (χ1n) is 16.5. The lowest BCUT2D eigenvalue weighted by Gasteiger charge is -2.28. The normalized spacial score (nSPS) is 11.6. The van der Waals surface area contributed by atoms with Crippen molar-refractivity contribution in [2.45, 2.75) is 95.4 Å². The van der Waals surface area contributed by atoms with E-state index in [1.807, 2.05) is 0 Å². The van der Waals surface area contributed by atoms with E-state index >= 15 is 0 Å². The summed E-state index contributed by atoms with van der Waals surface area (Å²) in [6.45, 7) is 27.3. The molecule has 1 nitrogen and oxygen atoms in total. The van der Waals surface area contributed by atoms with Gasteiger partial charge in [0.15, 0.2) is 0 Å². The van der Waals surface area contributed by atoms with Gasteiger partial charge in [0.2, 0.25) is 0 Å². The van der Waals surface area contributed by atoms with Gasteiger partial charge in [-0.3, -0.25) is 4.98 Å². The maximum absolute atomic E-state index is 5.49. The zero-order valence-electron chi connectivity index (χ0n) is 30.1. The number of aromatic nitrogens is 1. The van der Waals surface area contributed by atoms with Crippen LogP contribution in [0.4, 0.5) is 0 Å². The summed E-state index contributed by atoms with van der Waals surface area (Å²) < 4.78 is 0. The Labute approximate surface area is 281 Å². The van der Waals surface area contributed by atoms with E-state index in [0.717, 1.165) is 12.3 Å². The maximum Gasteiger partial charge on any atom is 0.0456 e. The first kappa shape index (κ1) is 34.2. The lowest BCUT2D eigenvalue weighted by Crippen LogP contribution is -2.24. The zero-order valence-corrected chi connectivity index (χ0v) is 31.9. The predicted octanol–water partition coefficient (Wildman–Crippen LogP) is 10.0. The van der Waals surface area contributed by atoms with Crippen LogP contribution in [0.2, 0.25) is 0 Å². The summed E-state index contributed by atoms with van der Waals surface area (Å²) in [5.74, 6) is 0. The average molecular weight is 644 g/mol. The smallest absolute Gasteiger partial charge is 0.0456 e. The number of hydrogen-bond donors (Lipinski definition) is 0. The van der Waals surface area contributed by atoms with E-state index in [9.17, 15) is 0 Å². The molecule has 1 heterocycles. The quantitative estimate of drug-likeness (QED) is 0.153. The fourth-order valence-corrected chi connectivity index (χ4v) is 14.0. The number of hydrogen-bond acceptors (Lipinski definition) is 1. The molecular weight excluding hydrogens is 592 g/mol. The number of rotatable bonds is 8. The van der Waals surface area contributed by atoms with Crippen LogP contribution < -0.4 is 21.2 Å². The van der Waals surface area contributed by atoms with Crippen LogP contribution >= 0.6 is 15.8 Å². The lowest BCUT2D eigenvalue weighted by molar-refractivity contribution is 1.08. The molecule has 1 aromatic heterocycles. The van der Waals surface area contributed by atoms with Gasteiger partial charge in [-0.05, 0) is 177 Å². The fourth-order valence-electron chi connectivity index (χ4n) is 7.96. The predicted molar refractivity (Wildman–Crippen MR) is 207 cm³/mol. The molecule has 0 radical (unpaired) electrons. The van der Waals surface area contributed by atoms with Crippen molar-refractivity contribution in [1.29, 1.82) is 0 Å². The highest BCUT2D eigenvalue weighted by molar-refractivity contribution is 7.73. The third-order valence-corrected chi connectivity index (χ3v) is 15.4. The largest absolute Gasteiger partial charge is 0.257 e. The summed E-state index contributed by atoms with van der Waals surface area (Å²) in [5.41, 5.74) is 19.0. The molecule has 0 aliphatic heterocycles. The van der Waals surface area contributed by atoms with E-state index in [1.54, 1.807) is 0 Å². The van der Waals surface area contributed by atoms with Crippen LogP contribution in [0.3, 0.4) is 0 Å². The van der Waals surface area contributed by atoms with Crippen LogP contribution in [-0.2, 0) is 12.3 Å². The summed E-state index contributed by atoms with van der Waals surface area (Å²) in [6.07, 6.45) is 1.89. The van der Waals surface area contributed by atoms with Crippen molar-refractivity contribution in [3.8, 4) is 0 Å².